The van der Waals surface area contributed by atoms with Crippen molar-refractivity contribution in [2.45, 2.75) is 6.18 Å². The van der Waals surface area contributed by atoms with Gasteiger partial charge in [0.15, 0.2) is 6.61 Å². The molecule has 0 heterocycles. The summed E-state index contributed by atoms with van der Waals surface area (Å²) in [4.78, 5) is 23.8. The van der Waals surface area contributed by atoms with Crippen LogP contribution in [0.4, 0.5) is 18.9 Å². The number of hydrogen-bond acceptors (Lipinski definition) is 5. The molecular formula is C20H15F3N2O4. The molecule has 1 amide bonds. The van der Waals surface area contributed by atoms with Crippen LogP contribution in [0.2, 0.25) is 0 Å². The van der Waals surface area contributed by atoms with Crippen molar-refractivity contribution < 1.29 is 32.2 Å². The highest BCUT2D eigenvalue weighted by Crippen LogP contribution is 2.30. The Kier molecular flexibility index (Phi) is 6.98. The molecule has 0 atom stereocenters. The van der Waals surface area contributed by atoms with Gasteiger partial charge in [0.1, 0.15) is 17.4 Å². The van der Waals surface area contributed by atoms with Crippen molar-refractivity contribution >= 4 is 23.6 Å². The predicted molar refractivity (Wildman–Crippen MR) is 97.6 cm³/mol. The highest BCUT2D eigenvalue weighted by molar-refractivity contribution is 6.00. The second-order valence-corrected chi connectivity index (χ2v) is 5.65. The molecule has 9 heteroatoms. The molecule has 0 unspecified atom stereocenters. The summed E-state index contributed by atoms with van der Waals surface area (Å²) in [6.45, 7) is -0.767. The number of benzene rings is 2. The zero-order valence-electron chi connectivity index (χ0n) is 15.1. The average Bonchev–Trinajstić information content (AvgIpc) is 2.70. The van der Waals surface area contributed by atoms with Crippen LogP contribution in [0.3, 0.4) is 0 Å². The van der Waals surface area contributed by atoms with E-state index in [-0.39, 0.29) is 11.3 Å². The fourth-order valence-electron chi connectivity index (χ4n) is 2.18. The monoisotopic (exact) mass is 404 g/mol. The van der Waals surface area contributed by atoms with E-state index < -0.39 is 30.2 Å². The second kappa shape index (κ2) is 9.41. The summed E-state index contributed by atoms with van der Waals surface area (Å²) in [5.74, 6) is -1.29. The minimum Gasteiger partial charge on any atom is -0.497 e. The Hall–Kier alpha value is -3.80. The third kappa shape index (κ3) is 6.39. The van der Waals surface area contributed by atoms with Gasteiger partial charge in [0.05, 0.1) is 12.7 Å². The van der Waals surface area contributed by atoms with Crippen molar-refractivity contribution in [3.63, 3.8) is 0 Å². The zero-order chi connectivity index (χ0) is 21.4. The fourth-order valence-corrected chi connectivity index (χ4v) is 2.18. The first-order valence-corrected chi connectivity index (χ1v) is 8.13. The van der Waals surface area contributed by atoms with Gasteiger partial charge >= 0.3 is 12.1 Å². The maximum absolute atomic E-state index is 12.7. The van der Waals surface area contributed by atoms with Crippen LogP contribution in [0, 0.1) is 11.3 Å². The number of alkyl halides is 3. The Balaban J connectivity index is 1.97. The number of rotatable bonds is 6. The third-order valence-corrected chi connectivity index (χ3v) is 3.58. The minimum atomic E-state index is -4.55. The number of nitrogens with zero attached hydrogens (tertiary/aromatic N) is 1. The molecule has 0 spiro atoms. The predicted octanol–water partition coefficient (Wildman–Crippen LogP) is 3.80. The van der Waals surface area contributed by atoms with Gasteiger partial charge in [-0.15, -0.1) is 0 Å². The van der Waals surface area contributed by atoms with Gasteiger partial charge in [-0.2, -0.15) is 18.4 Å². The van der Waals surface area contributed by atoms with E-state index in [1.807, 2.05) is 0 Å². The molecule has 6 nitrogen and oxygen atoms in total. The van der Waals surface area contributed by atoms with Crippen molar-refractivity contribution in [3.8, 4) is 11.8 Å². The van der Waals surface area contributed by atoms with Gasteiger partial charge in [-0.1, -0.05) is 18.2 Å². The Labute approximate surface area is 164 Å². The van der Waals surface area contributed by atoms with E-state index in [1.54, 1.807) is 30.3 Å². The SMILES string of the molecule is COc1ccc(/C=C(\C#N)C(=O)OCC(=O)Nc2cccc(C(F)(F)F)c2)cc1. The third-order valence-electron chi connectivity index (χ3n) is 3.58. The van der Waals surface area contributed by atoms with Crippen LogP contribution in [0.15, 0.2) is 54.1 Å². The number of nitrogens with one attached hydrogen (secondary N) is 1. The fraction of sp³-hybridized carbons (Fsp3) is 0.150. The molecule has 1 N–H and O–H groups in total. The normalized spacial score (nSPS) is 11.3. The van der Waals surface area contributed by atoms with Crippen LogP contribution in [-0.2, 0) is 20.5 Å². The number of ether oxygens (including phenoxy) is 2. The molecule has 0 radical (unpaired) electrons. The van der Waals surface area contributed by atoms with Crippen molar-refractivity contribution in [2.24, 2.45) is 0 Å². The first-order valence-electron chi connectivity index (χ1n) is 8.13. The van der Waals surface area contributed by atoms with E-state index in [0.717, 1.165) is 18.2 Å². The van der Waals surface area contributed by atoms with Crippen LogP contribution in [0.5, 0.6) is 5.75 Å². The second-order valence-electron chi connectivity index (χ2n) is 5.65. The van der Waals surface area contributed by atoms with Crippen LogP contribution >= 0.6 is 0 Å². The molecule has 29 heavy (non-hydrogen) atoms. The molecule has 0 saturated heterocycles. The first kappa shape index (κ1) is 21.5. The topological polar surface area (TPSA) is 88.4 Å². The summed E-state index contributed by atoms with van der Waals surface area (Å²) < 4.78 is 47.8. The summed E-state index contributed by atoms with van der Waals surface area (Å²) in [5.41, 5.74) is -0.841. The lowest BCUT2D eigenvalue weighted by atomic mass is 10.1. The number of esters is 1. The molecule has 0 aromatic heterocycles. The maximum Gasteiger partial charge on any atom is 0.416 e. The van der Waals surface area contributed by atoms with Crippen LogP contribution in [-0.4, -0.2) is 25.6 Å². The molecule has 0 fully saturated rings. The number of nitriles is 1. The van der Waals surface area contributed by atoms with Crippen molar-refractivity contribution in [2.75, 3.05) is 19.0 Å². The molecule has 0 aliphatic rings. The number of carbonyl (C=O) groups is 2. The Morgan fingerprint density at radius 1 is 1.17 bits per heavy atom. The standard InChI is InChI=1S/C20H15F3N2O4/c1-28-17-7-5-13(6-8-17)9-14(11-24)19(27)29-12-18(26)25-16-4-2-3-15(10-16)20(21,22)23/h2-10H,12H2,1H3,(H,25,26)/b14-9+. The Morgan fingerprint density at radius 3 is 2.45 bits per heavy atom. The van der Waals surface area contributed by atoms with E-state index >= 15 is 0 Å². The van der Waals surface area contributed by atoms with Crippen molar-refractivity contribution in [1.82, 2.24) is 0 Å². The summed E-state index contributed by atoms with van der Waals surface area (Å²) in [6, 6.07) is 12.2. The summed E-state index contributed by atoms with van der Waals surface area (Å²) >= 11 is 0. The van der Waals surface area contributed by atoms with Gasteiger partial charge < -0.3 is 14.8 Å². The lowest BCUT2D eigenvalue weighted by molar-refractivity contribution is -0.142. The molecule has 2 aromatic carbocycles. The van der Waals surface area contributed by atoms with E-state index in [0.29, 0.717) is 11.3 Å². The molecule has 0 aliphatic carbocycles. The number of halogens is 3. The van der Waals surface area contributed by atoms with Crippen molar-refractivity contribution in [1.29, 1.82) is 5.26 Å². The number of amides is 1. The Morgan fingerprint density at radius 2 is 1.86 bits per heavy atom. The largest absolute Gasteiger partial charge is 0.497 e. The van der Waals surface area contributed by atoms with Crippen LogP contribution in [0.25, 0.3) is 6.08 Å². The van der Waals surface area contributed by atoms with E-state index in [2.05, 4.69) is 5.32 Å². The molecule has 0 saturated carbocycles. The number of anilines is 1. The van der Waals surface area contributed by atoms with E-state index in [9.17, 15) is 22.8 Å². The van der Waals surface area contributed by atoms with Gasteiger partial charge in [0.25, 0.3) is 5.91 Å². The molecular weight excluding hydrogens is 389 g/mol. The van der Waals surface area contributed by atoms with Crippen LogP contribution in [0.1, 0.15) is 11.1 Å². The zero-order valence-corrected chi connectivity index (χ0v) is 15.1. The molecule has 150 valence electrons. The first-order chi connectivity index (χ1) is 13.7. The van der Waals surface area contributed by atoms with Crippen molar-refractivity contribution in [3.05, 3.63) is 65.2 Å². The van der Waals surface area contributed by atoms with Gasteiger partial charge in [-0.05, 0) is 42.0 Å². The smallest absolute Gasteiger partial charge is 0.416 e. The summed E-state index contributed by atoms with van der Waals surface area (Å²) in [5, 5.41) is 11.3. The van der Waals surface area contributed by atoms with Gasteiger partial charge in [0, 0.05) is 5.69 Å². The molecule has 2 rings (SSSR count). The van der Waals surface area contributed by atoms with Crippen LogP contribution < -0.4 is 10.1 Å². The van der Waals surface area contributed by atoms with E-state index in [4.69, 9.17) is 14.7 Å². The van der Waals surface area contributed by atoms with Gasteiger partial charge in [-0.3, -0.25) is 4.79 Å². The minimum absolute atomic E-state index is 0.102. The molecule has 0 aliphatic heterocycles. The highest BCUT2D eigenvalue weighted by atomic mass is 19.4. The highest BCUT2D eigenvalue weighted by Gasteiger charge is 2.30. The Bertz CT molecular complexity index is 961. The van der Waals surface area contributed by atoms with Gasteiger partial charge in [0.2, 0.25) is 0 Å². The lowest BCUT2D eigenvalue weighted by Gasteiger charge is -2.10. The molecule has 2 aromatic rings. The number of hydrogen-bond donors (Lipinski definition) is 1. The maximum atomic E-state index is 12.7. The summed E-state index contributed by atoms with van der Waals surface area (Å²) in [6.07, 6.45) is -3.28. The van der Waals surface area contributed by atoms with E-state index in [1.165, 1.54) is 19.3 Å². The quantitative estimate of drug-likeness (QED) is 0.449. The lowest BCUT2D eigenvalue weighted by Crippen LogP contribution is -2.21. The molecule has 0 bridgehead atoms. The van der Waals surface area contributed by atoms with Gasteiger partial charge in [-0.25, -0.2) is 4.79 Å². The summed E-state index contributed by atoms with van der Waals surface area (Å²) in [7, 11) is 1.49. The number of carbonyl (C=O) groups excluding carboxylic acids is 2. The average molecular weight is 404 g/mol. The number of methoxy groups -OCH3 is 1.